The number of anilines is 1. The van der Waals surface area contributed by atoms with Crippen LogP contribution in [-0.2, 0) is 10.0 Å². The van der Waals surface area contributed by atoms with E-state index in [0.29, 0.717) is 16.5 Å². The zero-order valence-corrected chi connectivity index (χ0v) is 15.8. The molecule has 0 saturated heterocycles. The van der Waals surface area contributed by atoms with E-state index in [1.54, 1.807) is 18.5 Å². The fraction of sp³-hybridized carbons (Fsp3) is 0.111. The van der Waals surface area contributed by atoms with E-state index in [2.05, 4.69) is 14.8 Å². The Bertz CT molecular complexity index is 1160. The van der Waals surface area contributed by atoms with E-state index < -0.39 is 10.0 Å². The van der Waals surface area contributed by atoms with Gasteiger partial charge in [0.2, 0.25) is 0 Å². The third-order valence-electron chi connectivity index (χ3n) is 4.01. The highest BCUT2D eigenvalue weighted by Crippen LogP contribution is 2.29. The molecule has 0 spiro atoms. The molecule has 0 aliphatic rings. The van der Waals surface area contributed by atoms with Crippen LogP contribution in [0, 0.1) is 13.8 Å². The fourth-order valence-corrected chi connectivity index (χ4v) is 5.42. The molecule has 0 radical (unpaired) electrons. The number of thiazole rings is 1. The number of fused-ring (bicyclic) bond motifs is 1. The molecule has 8 heteroatoms. The number of hydrogen-bond donors (Lipinski definition) is 1. The van der Waals surface area contributed by atoms with Crippen molar-refractivity contribution in [3.63, 3.8) is 0 Å². The highest BCUT2D eigenvalue weighted by molar-refractivity contribution is 7.93. The van der Waals surface area contributed by atoms with Gasteiger partial charge in [0, 0.05) is 0 Å². The Morgan fingerprint density at radius 1 is 1.00 bits per heavy atom. The van der Waals surface area contributed by atoms with Crippen molar-refractivity contribution >= 4 is 36.7 Å². The number of nitrogens with zero attached hydrogens (tertiary/aromatic N) is 3. The smallest absolute Gasteiger partial charge is 0.254 e. The maximum atomic E-state index is 13.0. The molecule has 0 atom stereocenters. The number of aryl methyl sites for hydroxylation is 1. The second kappa shape index (κ2) is 6.22. The van der Waals surface area contributed by atoms with Gasteiger partial charge in [-0.3, -0.25) is 4.72 Å². The van der Waals surface area contributed by atoms with E-state index in [9.17, 15) is 8.42 Å². The van der Waals surface area contributed by atoms with Gasteiger partial charge in [0.1, 0.15) is 4.90 Å². The van der Waals surface area contributed by atoms with Gasteiger partial charge in [-0.25, -0.2) is 18.1 Å². The summed E-state index contributed by atoms with van der Waals surface area (Å²) in [6, 6.07) is 17.0. The van der Waals surface area contributed by atoms with Crippen molar-refractivity contribution in [3.8, 4) is 5.69 Å². The molecule has 0 bridgehead atoms. The number of rotatable bonds is 4. The third kappa shape index (κ3) is 2.87. The molecule has 4 rings (SSSR count). The molecule has 26 heavy (non-hydrogen) atoms. The summed E-state index contributed by atoms with van der Waals surface area (Å²) in [6.45, 7) is 3.44. The minimum atomic E-state index is -3.79. The first-order valence-corrected chi connectivity index (χ1v) is 10.3. The van der Waals surface area contributed by atoms with Gasteiger partial charge < -0.3 is 0 Å². The normalized spacial score (nSPS) is 11.8. The molecule has 2 heterocycles. The predicted octanol–water partition coefficient (Wildman–Crippen LogP) is 3.90. The topological polar surface area (TPSA) is 76.9 Å². The van der Waals surface area contributed by atoms with E-state index in [-0.39, 0.29) is 4.90 Å². The molecule has 0 saturated carbocycles. The van der Waals surface area contributed by atoms with Crippen LogP contribution in [0.3, 0.4) is 0 Å². The Morgan fingerprint density at radius 2 is 1.69 bits per heavy atom. The molecule has 2 aromatic heterocycles. The lowest BCUT2D eigenvalue weighted by Gasteiger charge is -2.07. The highest BCUT2D eigenvalue weighted by atomic mass is 32.2. The highest BCUT2D eigenvalue weighted by Gasteiger charge is 2.26. The van der Waals surface area contributed by atoms with Gasteiger partial charge in [0.15, 0.2) is 5.13 Å². The standard InChI is InChI=1S/C18H16N4O2S2/c1-12-17(13(2)22(20-12)14-8-4-3-5-9-14)26(23,24)21-18-19-15-10-6-7-11-16(15)25-18/h3-11H,1-2H3,(H,19,21). The molecule has 0 aliphatic carbocycles. The van der Waals surface area contributed by atoms with Gasteiger partial charge in [-0.15, -0.1) is 0 Å². The number of aromatic nitrogens is 3. The van der Waals surface area contributed by atoms with Crippen molar-refractivity contribution in [1.29, 1.82) is 0 Å². The summed E-state index contributed by atoms with van der Waals surface area (Å²) < 4.78 is 31.1. The Labute approximate surface area is 155 Å². The maximum Gasteiger partial charge on any atom is 0.267 e. The van der Waals surface area contributed by atoms with Gasteiger partial charge in [-0.05, 0) is 38.1 Å². The van der Waals surface area contributed by atoms with E-state index in [1.165, 1.54) is 11.3 Å². The van der Waals surface area contributed by atoms with Crippen LogP contribution in [0.15, 0.2) is 59.5 Å². The SMILES string of the molecule is Cc1nn(-c2ccccc2)c(C)c1S(=O)(=O)Nc1nc2ccccc2s1. The third-order valence-corrected chi connectivity index (χ3v) is 6.68. The average molecular weight is 384 g/mol. The number of sulfonamides is 1. The number of para-hydroxylation sites is 2. The Kier molecular flexibility index (Phi) is 4.01. The molecule has 132 valence electrons. The van der Waals surface area contributed by atoms with Crippen molar-refractivity contribution in [2.75, 3.05) is 4.72 Å². The van der Waals surface area contributed by atoms with Crippen LogP contribution >= 0.6 is 11.3 Å². The zero-order chi connectivity index (χ0) is 18.3. The van der Waals surface area contributed by atoms with Crippen LogP contribution in [0.2, 0.25) is 0 Å². The monoisotopic (exact) mass is 384 g/mol. The van der Waals surface area contributed by atoms with E-state index >= 15 is 0 Å². The summed E-state index contributed by atoms with van der Waals surface area (Å²) in [5, 5.41) is 4.76. The molecule has 1 N–H and O–H groups in total. The summed E-state index contributed by atoms with van der Waals surface area (Å²) >= 11 is 1.31. The van der Waals surface area contributed by atoms with Crippen LogP contribution < -0.4 is 4.72 Å². The first-order chi connectivity index (χ1) is 12.5. The van der Waals surface area contributed by atoms with Gasteiger partial charge in [-0.1, -0.05) is 41.7 Å². The van der Waals surface area contributed by atoms with Crippen molar-refractivity contribution in [2.24, 2.45) is 0 Å². The first-order valence-electron chi connectivity index (χ1n) is 7.96. The summed E-state index contributed by atoms with van der Waals surface area (Å²) in [4.78, 5) is 4.53. The van der Waals surface area contributed by atoms with Gasteiger partial charge in [-0.2, -0.15) is 5.10 Å². The summed E-state index contributed by atoms with van der Waals surface area (Å²) in [6.07, 6.45) is 0. The van der Waals surface area contributed by atoms with Crippen LogP contribution in [-0.4, -0.2) is 23.2 Å². The van der Waals surface area contributed by atoms with Crippen molar-refractivity contribution < 1.29 is 8.42 Å². The molecule has 6 nitrogen and oxygen atoms in total. The predicted molar refractivity (Wildman–Crippen MR) is 103 cm³/mol. The number of benzene rings is 2. The van der Waals surface area contributed by atoms with Gasteiger partial charge >= 0.3 is 0 Å². The quantitative estimate of drug-likeness (QED) is 0.579. The first kappa shape index (κ1) is 16.7. The summed E-state index contributed by atoms with van der Waals surface area (Å²) in [5.74, 6) is 0. The van der Waals surface area contributed by atoms with Crippen LogP contribution in [0.5, 0.6) is 0 Å². The van der Waals surface area contributed by atoms with Crippen molar-refractivity contribution in [2.45, 2.75) is 18.7 Å². The Morgan fingerprint density at radius 3 is 2.42 bits per heavy atom. The minimum absolute atomic E-state index is 0.181. The average Bonchev–Trinajstić information content (AvgIpc) is 3.14. The minimum Gasteiger partial charge on any atom is -0.254 e. The Balaban J connectivity index is 1.75. The summed E-state index contributed by atoms with van der Waals surface area (Å²) in [5.41, 5.74) is 2.58. The lowest BCUT2D eigenvalue weighted by atomic mass is 10.3. The van der Waals surface area contributed by atoms with E-state index in [1.807, 2.05) is 54.6 Å². The molecule has 0 unspecified atom stereocenters. The van der Waals surface area contributed by atoms with Gasteiger partial charge in [0.25, 0.3) is 10.0 Å². The lowest BCUT2D eigenvalue weighted by Crippen LogP contribution is -2.14. The Hall–Kier alpha value is -2.71. The lowest BCUT2D eigenvalue weighted by molar-refractivity contribution is 0.600. The zero-order valence-electron chi connectivity index (χ0n) is 14.2. The molecule has 0 aliphatic heterocycles. The molecule has 2 aromatic carbocycles. The number of hydrogen-bond acceptors (Lipinski definition) is 5. The van der Waals surface area contributed by atoms with Gasteiger partial charge in [0.05, 0.1) is 27.3 Å². The van der Waals surface area contributed by atoms with Crippen LogP contribution in [0.1, 0.15) is 11.4 Å². The largest absolute Gasteiger partial charge is 0.267 e. The molecule has 0 fully saturated rings. The summed E-state index contributed by atoms with van der Waals surface area (Å²) in [7, 11) is -3.79. The second-order valence-electron chi connectivity index (χ2n) is 5.84. The molecule has 4 aromatic rings. The second-order valence-corrected chi connectivity index (χ2v) is 8.49. The van der Waals surface area contributed by atoms with Crippen molar-refractivity contribution in [1.82, 2.24) is 14.8 Å². The molecular weight excluding hydrogens is 368 g/mol. The van der Waals surface area contributed by atoms with E-state index in [4.69, 9.17) is 0 Å². The molecular formula is C18H16N4O2S2. The number of nitrogens with one attached hydrogen (secondary N) is 1. The van der Waals surface area contributed by atoms with Crippen molar-refractivity contribution in [3.05, 3.63) is 66.0 Å². The van der Waals surface area contributed by atoms with E-state index in [0.717, 1.165) is 15.9 Å². The van der Waals surface area contributed by atoms with Crippen LogP contribution in [0.4, 0.5) is 5.13 Å². The fourth-order valence-electron chi connectivity index (χ4n) is 2.92. The molecule has 0 amide bonds. The maximum absolute atomic E-state index is 13.0. The van der Waals surface area contributed by atoms with Crippen LogP contribution in [0.25, 0.3) is 15.9 Å².